The van der Waals surface area contributed by atoms with Crippen LogP contribution in [0.25, 0.3) is 11.2 Å². The molecule has 0 aliphatic rings. The van der Waals surface area contributed by atoms with E-state index in [1.54, 1.807) is 18.2 Å². The van der Waals surface area contributed by atoms with E-state index in [2.05, 4.69) is 20.6 Å². The van der Waals surface area contributed by atoms with Crippen LogP contribution in [0.4, 0.5) is 23.7 Å². The van der Waals surface area contributed by atoms with Gasteiger partial charge in [0.25, 0.3) is 0 Å². The Morgan fingerprint density at radius 2 is 1.93 bits per heavy atom. The van der Waals surface area contributed by atoms with Crippen LogP contribution in [-0.4, -0.2) is 41.3 Å². The van der Waals surface area contributed by atoms with Gasteiger partial charge in [-0.15, -0.1) is 0 Å². The molecular weight excluding hydrogens is 391 g/mol. The number of urea groups is 1. The minimum absolute atomic E-state index is 0.0652. The van der Waals surface area contributed by atoms with E-state index >= 15 is 0 Å². The quantitative estimate of drug-likeness (QED) is 0.652. The molecule has 29 heavy (non-hydrogen) atoms. The number of halogens is 3. The molecule has 0 atom stereocenters. The molecule has 1 aromatic carbocycles. The number of fused-ring (bicyclic) bond motifs is 1. The number of rotatable bonds is 6. The van der Waals surface area contributed by atoms with Crippen molar-refractivity contribution in [3.8, 4) is 11.5 Å². The average molecular weight is 409 g/mol. The van der Waals surface area contributed by atoms with E-state index in [0.29, 0.717) is 17.2 Å². The highest BCUT2D eigenvalue weighted by Gasteiger charge is 2.37. The molecule has 0 fully saturated rings. The minimum atomic E-state index is -4.64. The molecular formula is C18H18F3N5O3. The fraction of sp³-hybridized carbons (Fsp3) is 0.278. The van der Waals surface area contributed by atoms with Gasteiger partial charge in [-0.05, 0) is 24.3 Å². The van der Waals surface area contributed by atoms with E-state index < -0.39 is 18.0 Å². The molecule has 0 saturated heterocycles. The molecule has 0 aliphatic carbocycles. The van der Waals surface area contributed by atoms with E-state index in [1.165, 1.54) is 32.5 Å². The fourth-order valence-corrected chi connectivity index (χ4v) is 2.76. The molecule has 0 aliphatic heterocycles. The Balaban J connectivity index is 1.67. The summed E-state index contributed by atoms with van der Waals surface area (Å²) in [6, 6.07) is 7.17. The Hall–Kier alpha value is -3.50. The van der Waals surface area contributed by atoms with Crippen molar-refractivity contribution in [2.45, 2.75) is 12.7 Å². The maximum Gasteiger partial charge on any atom is 0.449 e. The van der Waals surface area contributed by atoms with Crippen molar-refractivity contribution in [1.82, 2.24) is 19.9 Å². The number of methoxy groups -OCH3 is 2. The number of hydrogen-bond donors (Lipinski definition) is 2. The first-order chi connectivity index (χ1) is 13.8. The van der Waals surface area contributed by atoms with E-state index in [1.807, 2.05) is 0 Å². The Bertz CT molecular complexity index is 1020. The third kappa shape index (κ3) is 4.50. The lowest BCUT2D eigenvalue weighted by Gasteiger charge is -2.13. The lowest BCUT2D eigenvalue weighted by Crippen LogP contribution is -2.32. The highest BCUT2D eigenvalue weighted by atomic mass is 19.4. The van der Waals surface area contributed by atoms with Gasteiger partial charge in [0.05, 0.1) is 14.2 Å². The van der Waals surface area contributed by atoms with Gasteiger partial charge in [-0.2, -0.15) is 13.2 Å². The van der Waals surface area contributed by atoms with Crippen LogP contribution in [-0.2, 0) is 12.7 Å². The first-order valence-corrected chi connectivity index (χ1v) is 8.49. The van der Waals surface area contributed by atoms with E-state index in [4.69, 9.17) is 9.47 Å². The molecule has 2 N–H and O–H groups in total. The Kier molecular flexibility index (Phi) is 5.76. The van der Waals surface area contributed by atoms with Crippen molar-refractivity contribution in [3.05, 3.63) is 42.4 Å². The van der Waals surface area contributed by atoms with Crippen molar-refractivity contribution < 1.29 is 27.4 Å². The number of hydrogen-bond acceptors (Lipinski definition) is 5. The number of benzene rings is 1. The maximum absolute atomic E-state index is 13.3. The molecule has 0 radical (unpaired) electrons. The van der Waals surface area contributed by atoms with Crippen LogP contribution >= 0.6 is 0 Å². The zero-order chi connectivity index (χ0) is 21.0. The zero-order valence-electron chi connectivity index (χ0n) is 15.6. The number of carbonyl (C=O) groups is 1. The van der Waals surface area contributed by atoms with Gasteiger partial charge in [-0.3, -0.25) is 0 Å². The Morgan fingerprint density at radius 3 is 2.62 bits per heavy atom. The molecule has 3 aromatic rings. The predicted octanol–water partition coefficient (Wildman–Crippen LogP) is 3.29. The molecule has 0 bridgehead atoms. The molecule has 2 heterocycles. The lowest BCUT2D eigenvalue weighted by molar-refractivity contribution is -0.146. The second-order valence-electron chi connectivity index (χ2n) is 5.88. The number of alkyl halides is 3. The third-order valence-corrected chi connectivity index (χ3v) is 4.02. The zero-order valence-corrected chi connectivity index (χ0v) is 15.6. The van der Waals surface area contributed by atoms with Gasteiger partial charge in [0.2, 0.25) is 5.82 Å². The molecule has 11 heteroatoms. The van der Waals surface area contributed by atoms with Crippen LogP contribution < -0.4 is 20.1 Å². The molecule has 2 amide bonds. The summed E-state index contributed by atoms with van der Waals surface area (Å²) in [5.41, 5.74) is 0.669. The second kappa shape index (κ2) is 8.25. The van der Waals surface area contributed by atoms with Crippen LogP contribution in [0.5, 0.6) is 11.5 Å². The first-order valence-electron chi connectivity index (χ1n) is 8.49. The summed E-state index contributed by atoms with van der Waals surface area (Å²) < 4.78 is 51.0. The van der Waals surface area contributed by atoms with Crippen molar-refractivity contribution in [2.24, 2.45) is 0 Å². The van der Waals surface area contributed by atoms with Gasteiger partial charge in [0.1, 0.15) is 5.52 Å². The van der Waals surface area contributed by atoms with E-state index in [0.717, 1.165) is 4.57 Å². The number of aromatic nitrogens is 3. The number of nitrogens with zero attached hydrogens (tertiary/aromatic N) is 3. The normalized spacial score (nSPS) is 11.3. The van der Waals surface area contributed by atoms with Gasteiger partial charge >= 0.3 is 12.2 Å². The standard InChI is InChI=1S/C18H18F3N5O3/c1-28-13-6-5-11(10-14(13)29-2)24-17(27)23-8-9-26-15-12(4-3-7-22-15)25-16(26)18(19,20)21/h3-7,10H,8-9H2,1-2H3,(H2,23,24,27). The van der Waals surface area contributed by atoms with Gasteiger partial charge in [-0.25, -0.2) is 14.8 Å². The van der Waals surface area contributed by atoms with Crippen LogP contribution in [0, 0.1) is 0 Å². The largest absolute Gasteiger partial charge is 0.493 e. The SMILES string of the molecule is COc1ccc(NC(=O)NCCn2c(C(F)(F)F)nc3cccnc32)cc1OC. The minimum Gasteiger partial charge on any atom is -0.493 e. The Morgan fingerprint density at radius 1 is 1.17 bits per heavy atom. The van der Waals surface area contributed by atoms with E-state index in [9.17, 15) is 18.0 Å². The third-order valence-electron chi connectivity index (χ3n) is 4.02. The van der Waals surface area contributed by atoms with Crippen molar-refractivity contribution in [3.63, 3.8) is 0 Å². The highest BCUT2D eigenvalue weighted by molar-refractivity contribution is 5.89. The van der Waals surface area contributed by atoms with Crippen LogP contribution in [0.3, 0.4) is 0 Å². The molecule has 154 valence electrons. The molecule has 8 nitrogen and oxygen atoms in total. The van der Waals surface area contributed by atoms with Crippen molar-refractivity contribution in [1.29, 1.82) is 0 Å². The van der Waals surface area contributed by atoms with Gasteiger partial charge < -0.3 is 24.7 Å². The lowest BCUT2D eigenvalue weighted by atomic mass is 10.3. The number of ether oxygens (including phenoxy) is 2. The molecule has 0 unspecified atom stereocenters. The number of carbonyl (C=O) groups excluding carboxylic acids is 1. The van der Waals surface area contributed by atoms with Crippen LogP contribution in [0.2, 0.25) is 0 Å². The molecule has 0 spiro atoms. The second-order valence-corrected chi connectivity index (χ2v) is 5.88. The number of anilines is 1. The van der Waals surface area contributed by atoms with Gasteiger partial charge in [0, 0.05) is 31.0 Å². The summed E-state index contributed by atoms with van der Waals surface area (Å²) in [5.74, 6) is -0.137. The number of pyridine rings is 1. The van der Waals surface area contributed by atoms with E-state index in [-0.39, 0.29) is 24.3 Å². The highest BCUT2D eigenvalue weighted by Crippen LogP contribution is 2.31. The van der Waals surface area contributed by atoms with Gasteiger partial charge in [-0.1, -0.05) is 0 Å². The van der Waals surface area contributed by atoms with Crippen molar-refractivity contribution in [2.75, 3.05) is 26.1 Å². The monoisotopic (exact) mass is 409 g/mol. The maximum atomic E-state index is 13.3. The van der Waals surface area contributed by atoms with Crippen LogP contribution in [0.1, 0.15) is 5.82 Å². The van der Waals surface area contributed by atoms with Crippen molar-refractivity contribution >= 4 is 22.9 Å². The molecule has 0 saturated carbocycles. The number of amides is 2. The summed E-state index contributed by atoms with van der Waals surface area (Å²) >= 11 is 0. The summed E-state index contributed by atoms with van der Waals surface area (Å²) in [7, 11) is 2.95. The summed E-state index contributed by atoms with van der Waals surface area (Å²) in [6.07, 6.45) is -3.25. The van der Waals surface area contributed by atoms with Gasteiger partial charge in [0.15, 0.2) is 17.1 Å². The molecule has 2 aromatic heterocycles. The fourth-order valence-electron chi connectivity index (χ4n) is 2.76. The average Bonchev–Trinajstić information content (AvgIpc) is 3.07. The predicted molar refractivity (Wildman–Crippen MR) is 99.1 cm³/mol. The Labute approximate surface area is 163 Å². The summed E-state index contributed by atoms with van der Waals surface area (Å²) in [6.45, 7) is -0.216. The number of nitrogens with one attached hydrogen (secondary N) is 2. The first kappa shape index (κ1) is 20.2. The van der Waals surface area contributed by atoms with Crippen LogP contribution in [0.15, 0.2) is 36.5 Å². The smallest absolute Gasteiger partial charge is 0.449 e. The summed E-state index contributed by atoms with van der Waals surface area (Å²) in [5, 5.41) is 5.09. The summed E-state index contributed by atoms with van der Waals surface area (Å²) in [4.78, 5) is 19.7. The molecule has 3 rings (SSSR count). The number of imidazole rings is 1. The topological polar surface area (TPSA) is 90.3 Å².